The van der Waals surface area contributed by atoms with Gasteiger partial charge < -0.3 is 5.32 Å². The predicted molar refractivity (Wildman–Crippen MR) is 96.8 cm³/mol. The third-order valence-electron chi connectivity index (χ3n) is 3.06. The Kier molecular flexibility index (Phi) is 5.99. The molecule has 25 heavy (non-hydrogen) atoms. The number of nitriles is 1. The maximum atomic E-state index is 12.3. The summed E-state index contributed by atoms with van der Waals surface area (Å²) in [4.78, 5) is 22.5. The number of nitrogens with one attached hydrogen (secondary N) is 1. The van der Waals surface area contributed by atoms with E-state index in [0.29, 0.717) is 0 Å². The van der Waals surface area contributed by atoms with E-state index < -0.39 is 10.8 Å². The van der Waals surface area contributed by atoms with E-state index in [1.807, 2.05) is 0 Å². The van der Waals surface area contributed by atoms with Crippen LogP contribution in [0.3, 0.4) is 0 Å². The molecule has 2 aromatic rings. The normalized spacial score (nSPS) is 10.9. The fourth-order valence-electron chi connectivity index (χ4n) is 1.85. The molecule has 0 aromatic heterocycles. The monoisotopic (exact) mass is 395 g/mol. The van der Waals surface area contributed by atoms with Crippen molar-refractivity contribution < 1.29 is 9.72 Å². The van der Waals surface area contributed by atoms with Crippen LogP contribution in [0.1, 0.15) is 5.56 Å². The molecule has 126 valence electrons. The van der Waals surface area contributed by atoms with Crippen LogP contribution in [-0.2, 0) is 4.79 Å². The summed E-state index contributed by atoms with van der Waals surface area (Å²) in [6, 6.07) is 10.1. The lowest BCUT2D eigenvalue weighted by molar-refractivity contribution is -0.384. The zero-order chi connectivity index (χ0) is 18.6. The van der Waals surface area contributed by atoms with Crippen molar-refractivity contribution in [3.63, 3.8) is 0 Å². The number of nitro groups is 1. The van der Waals surface area contributed by atoms with Crippen LogP contribution in [0.25, 0.3) is 6.08 Å². The molecule has 0 atom stereocenters. The second kappa shape index (κ2) is 7.99. The van der Waals surface area contributed by atoms with Crippen molar-refractivity contribution in [1.82, 2.24) is 0 Å². The zero-order valence-electron chi connectivity index (χ0n) is 12.3. The average molecular weight is 397 g/mol. The lowest BCUT2D eigenvalue weighted by Crippen LogP contribution is -2.13. The van der Waals surface area contributed by atoms with Crippen LogP contribution in [0.5, 0.6) is 0 Å². The summed E-state index contributed by atoms with van der Waals surface area (Å²) in [6.45, 7) is 0. The van der Waals surface area contributed by atoms with Crippen molar-refractivity contribution in [3.05, 3.63) is 72.7 Å². The molecule has 2 rings (SSSR count). The second-order valence-corrected chi connectivity index (χ2v) is 5.88. The minimum atomic E-state index is -0.755. The van der Waals surface area contributed by atoms with Crippen molar-refractivity contribution in [3.8, 4) is 6.07 Å². The third-order valence-corrected chi connectivity index (χ3v) is 4.22. The Morgan fingerprint density at radius 2 is 1.92 bits per heavy atom. The number of carbonyl (C=O) groups is 1. The van der Waals surface area contributed by atoms with Gasteiger partial charge in [0, 0.05) is 22.7 Å². The van der Waals surface area contributed by atoms with Gasteiger partial charge in [0.1, 0.15) is 11.6 Å². The van der Waals surface area contributed by atoms with Crippen LogP contribution in [0.4, 0.5) is 11.4 Å². The number of non-ortho nitro benzene ring substituents is 1. The molecule has 0 saturated heterocycles. The molecule has 0 fully saturated rings. The highest BCUT2D eigenvalue weighted by Crippen LogP contribution is 2.30. The highest BCUT2D eigenvalue weighted by molar-refractivity contribution is 6.44. The van der Waals surface area contributed by atoms with E-state index in [4.69, 9.17) is 34.8 Å². The van der Waals surface area contributed by atoms with Gasteiger partial charge in [-0.05, 0) is 24.3 Å². The maximum absolute atomic E-state index is 12.3. The van der Waals surface area contributed by atoms with Crippen molar-refractivity contribution in [1.29, 1.82) is 5.26 Å². The third kappa shape index (κ3) is 4.48. The Morgan fingerprint density at radius 1 is 1.20 bits per heavy atom. The highest BCUT2D eigenvalue weighted by atomic mass is 35.5. The number of rotatable bonds is 4. The van der Waals surface area contributed by atoms with E-state index in [9.17, 15) is 20.2 Å². The number of carbonyl (C=O) groups excluding carboxylic acids is 1. The largest absolute Gasteiger partial charge is 0.320 e. The SMILES string of the molecule is N#C/C(=C/c1cc([N+](=O)[O-])ccc1Cl)C(=O)Nc1cccc(Cl)c1Cl. The predicted octanol–water partition coefficient (Wildman–Crippen LogP) is 5.10. The molecule has 0 heterocycles. The molecule has 1 N–H and O–H groups in total. The second-order valence-electron chi connectivity index (χ2n) is 4.69. The number of amides is 1. The van der Waals surface area contributed by atoms with Gasteiger partial charge in [-0.15, -0.1) is 0 Å². The molecule has 2 aromatic carbocycles. The summed E-state index contributed by atoms with van der Waals surface area (Å²) in [6.07, 6.45) is 1.16. The van der Waals surface area contributed by atoms with E-state index in [0.717, 1.165) is 6.08 Å². The number of nitrogens with zero attached hydrogens (tertiary/aromatic N) is 2. The van der Waals surface area contributed by atoms with Gasteiger partial charge in [0.05, 0.1) is 20.7 Å². The van der Waals surface area contributed by atoms with E-state index >= 15 is 0 Å². The minimum Gasteiger partial charge on any atom is -0.320 e. The van der Waals surface area contributed by atoms with E-state index in [1.54, 1.807) is 18.2 Å². The van der Waals surface area contributed by atoms with Crippen LogP contribution in [0.15, 0.2) is 42.0 Å². The first-order valence-electron chi connectivity index (χ1n) is 6.64. The van der Waals surface area contributed by atoms with Gasteiger partial charge in [0.15, 0.2) is 0 Å². The first-order valence-corrected chi connectivity index (χ1v) is 7.78. The quantitative estimate of drug-likeness (QED) is 0.336. The Hall–Kier alpha value is -2.59. The molecule has 9 heteroatoms. The van der Waals surface area contributed by atoms with Crippen LogP contribution in [-0.4, -0.2) is 10.8 Å². The van der Waals surface area contributed by atoms with Gasteiger partial charge in [0.25, 0.3) is 11.6 Å². The Bertz CT molecular complexity index is 936. The molecule has 6 nitrogen and oxygen atoms in total. The number of hydrogen-bond donors (Lipinski definition) is 1. The molecule has 0 aliphatic carbocycles. The molecule has 0 radical (unpaired) electrons. The summed E-state index contributed by atoms with van der Waals surface area (Å²) in [5.74, 6) is -0.755. The average Bonchev–Trinajstić information content (AvgIpc) is 2.57. The zero-order valence-corrected chi connectivity index (χ0v) is 14.6. The lowest BCUT2D eigenvalue weighted by Gasteiger charge is -2.07. The number of anilines is 1. The highest BCUT2D eigenvalue weighted by Gasteiger charge is 2.15. The number of benzene rings is 2. The summed E-state index contributed by atoms with van der Waals surface area (Å²) in [5.41, 5.74) is -0.130. The fraction of sp³-hybridized carbons (Fsp3) is 0. The van der Waals surface area contributed by atoms with Gasteiger partial charge in [-0.25, -0.2) is 0 Å². The minimum absolute atomic E-state index is 0.128. The molecule has 0 unspecified atom stereocenters. The molecule has 1 amide bonds. The van der Waals surface area contributed by atoms with E-state index in [1.165, 1.54) is 24.3 Å². The van der Waals surface area contributed by atoms with Crippen LogP contribution in [0.2, 0.25) is 15.1 Å². The van der Waals surface area contributed by atoms with Crippen LogP contribution >= 0.6 is 34.8 Å². The van der Waals surface area contributed by atoms with Gasteiger partial charge in [-0.1, -0.05) is 40.9 Å². The van der Waals surface area contributed by atoms with Gasteiger partial charge in [0.2, 0.25) is 0 Å². The number of nitro benzene ring substituents is 1. The first-order chi connectivity index (χ1) is 11.8. The Morgan fingerprint density at radius 3 is 2.56 bits per heavy atom. The van der Waals surface area contributed by atoms with E-state index in [2.05, 4.69) is 5.32 Å². The van der Waals surface area contributed by atoms with Crippen molar-refractivity contribution in [2.45, 2.75) is 0 Å². The fourth-order valence-corrected chi connectivity index (χ4v) is 2.37. The summed E-state index contributed by atoms with van der Waals surface area (Å²) in [5, 5.41) is 23.0. The molecule has 0 aliphatic heterocycles. The molecule has 0 spiro atoms. The molecule has 0 aliphatic rings. The molecular formula is C16H8Cl3N3O3. The van der Waals surface area contributed by atoms with Crippen LogP contribution < -0.4 is 5.32 Å². The Balaban J connectivity index is 2.36. The lowest BCUT2D eigenvalue weighted by atomic mass is 10.1. The van der Waals surface area contributed by atoms with E-state index in [-0.39, 0.29) is 37.6 Å². The number of hydrogen-bond acceptors (Lipinski definition) is 4. The molecule has 0 bridgehead atoms. The Labute approximate surface area is 157 Å². The summed E-state index contributed by atoms with van der Waals surface area (Å²) < 4.78 is 0. The summed E-state index contributed by atoms with van der Waals surface area (Å²) in [7, 11) is 0. The van der Waals surface area contributed by atoms with Gasteiger partial charge >= 0.3 is 0 Å². The standard InChI is InChI=1S/C16H8Cl3N3O3/c17-12-5-4-11(22(24)25)7-9(12)6-10(8-20)16(23)21-14-3-1-2-13(18)15(14)19/h1-7H,(H,21,23)/b10-6-. The molecular weight excluding hydrogens is 389 g/mol. The number of halogens is 3. The first kappa shape index (κ1) is 18.7. The van der Waals surface area contributed by atoms with Crippen molar-refractivity contribution >= 4 is 58.2 Å². The van der Waals surface area contributed by atoms with Crippen molar-refractivity contribution in [2.24, 2.45) is 0 Å². The van der Waals surface area contributed by atoms with Gasteiger partial charge in [-0.3, -0.25) is 14.9 Å². The van der Waals surface area contributed by atoms with Crippen LogP contribution in [0, 0.1) is 21.4 Å². The molecule has 0 saturated carbocycles. The summed E-state index contributed by atoms with van der Waals surface area (Å²) >= 11 is 17.8. The van der Waals surface area contributed by atoms with Gasteiger partial charge in [-0.2, -0.15) is 5.26 Å². The maximum Gasteiger partial charge on any atom is 0.270 e. The van der Waals surface area contributed by atoms with Crippen molar-refractivity contribution in [2.75, 3.05) is 5.32 Å². The smallest absolute Gasteiger partial charge is 0.270 e. The topological polar surface area (TPSA) is 96.0 Å².